The largest absolute Gasteiger partial charge is 0.508 e. The maximum Gasteiger partial charge on any atom is 0.253 e. The second-order valence-electron chi connectivity index (χ2n) is 5.78. The third-order valence-electron chi connectivity index (χ3n) is 4.33. The lowest BCUT2D eigenvalue weighted by Gasteiger charge is -2.14. The van der Waals surface area contributed by atoms with Crippen LogP contribution < -0.4 is 5.32 Å². The molecule has 6 nitrogen and oxygen atoms in total. The molecule has 2 heterocycles. The number of hydrogen-bond acceptors (Lipinski definition) is 4. The van der Waals surface area contributed by atoms with Gasteiger partial charge in [-0.25, -0.2) is 9.97 Å². The highest BCUT2D eigenvalue weighted by molar-refractivity contribution is 5.94. The van der Waals surface area contributed by atoms with Gasteiger partial charge in [0.25, 0.3) is 5.91 Å². The number of carbonyl (C=O) groups is 1. The SMILES string of the molecule is O=C(N[C@@H]1CCc2c(O)cccc21)c1ccc(-n2ccnc2)nc1. The van der Waals surface area contributed by atoms with E-state index in [0.717, 1.165) is 24.0 Å². The summed E-state index contributed by atoms with van der Waals surface area (Å²) in [7, 11) is 0. The summed E-state index contributed by atoms with van der Waals surface area (Å²) in [6, 6.07) is 8.89. The first-order valence-corrected chi connectivity index (χ1v) is 7.78. The Kier molecular flexibility index (Phi) is 3.49. The van der Waals surface area contributed by atoms with Gasteiger partial charge in [0.2, 0.25) is 0 Å². The number of aromatic nitrogens is 3. The van der Waals surface area contributed by atoms with Crippen molar-refractivity contribution in [3.05, 3.63) is 71.9 Å². The van der Waals surface area contributed by atoms with Crippen LogP contribution in [0.1, 0.15) is 33.9 Å². The minimum atomic E-state index is -0.166. The Bertz CT molecular complexity index is 873. The molecule has 1 aliphatic carbocycles. The van der Waals surface area contributed by atoms with E-state index in [0.29, 0.717) is 17.1 Å². The van der Waals surface area contributed by atoms with E-state index in [1.54, 1.807) is 53.8 Å². The van der Waals surface area contributed by atoms with Crippen molar-refractivity contribution < 1.29 is 9.90 Å². The molecule has 0 aliphatic heterocycles. The van der Waals surface area contributed by atoms with Crippen molar-refractivity contribution in [1.82, 2.24) is 19.9 Å². The molecular weight excluding hydrogens is 304 g/mol. The zero-order valence-electron chi connectivity index (χ0n) is 12.9. The molecule has 0 bridgehead atoms. The van der Waals surface area contributed by atoms with Gasteiger partial charge >= 0.3 is 0 Å². The number of carbonyl (C=O) groups excluding carboxylic acids is 1. The van der Waals surface area contributed by atoms with E-state index in [1.807, 2.05) is 6.07 Å². The molecule has 6 heteroatoms. The van der Waals surface area contributed by atoms with E-state index in [-0.39, 0.29) is 11.9 Å². The summed E-state index contributed by atoms with van der Waals surface area (Å²) in [5.41, 5.74) is 2.43. The molecule has 4 rings (SSSR count). The van der Waals surface area contributed by atoms with Gasteiger partial charge in [-0.1, -0.05) is 12.1 Å². The number of imidazole rings is 1. The zero-order chi connectivity index (χ0) is 16.5. The average molecular weight is 320 g/mol. The summed E-state index contributed by atoms with van der Waals surface area (Å²) in [5, 5.41) is 12.9. The van der Waals surface area contributed by atoms with Crippen LogP contribution in [-0.2, 0) is 6.42 Å². The Morgan fingerprint density at radius 3 is 2.96 bits per heavy atom. The van der Waals surface area contributed by atoms with E-state index in [1.165, 1.54) is 0 Å². The topological polar surface area (TPSA) is 80.0 Å². The molecule has 1 amide bonds. The zero-order valence-corrected chi connectivity index (χ0v) is 12.9. The fourth-order valence-corrected chi connectivity index (χ4v) is 3.09. The fourth-order valence-electron chi connectivity index (χ4n) is 3.09. The summed E-state index contributed by atoms with van der Waals surface area (Å²) in [6.45, 7) is 0. The molecule has 120 valence electrons. The summed E-state index contributed by atoms with van der Waals surface area (Å²) in [6.07, 6.45) is 8.25. The molecular formula is C18H16N4O2. The standard InChI is InChI=1S/C18H16N4O2/c23-16-3-1-2-13-14(16)5-6-15(13)21-18(24)12-4-7-17(20-10-12)22-9-8-19-11-22/h1-4,7-11,15,23H,5-6H2,(H,21,24)/t15-/m1/s1. The van der Waals surface area contributed by atoms with Crippen LogP contribution in [0.4, 0.5) is 0 Å². The van der Waals surface area contributed by atoms with Crippen molar-refractivity contribution in [2.24, 2.45) is 0 Å². The number of phenols is 1. The van der Waals surface area contributed by atoms with E-state index in [9.17, 15) is 9.90 Å². The van der Waals surface area contributed by atoms with Gasteiger partial charge in [0.05, 0.1) is 11.6 Å². The number of pyridine rings is 1. The molecule has 2 aromatic heterocycles. The van der Waals surface area contributed by atoms with Gasteiger partial charge in [0, 0.05) is 18.6 Å². The number of benzene rings is 1. The Morgan fingerprint density at radius 2 is 2.21 bits per heavy atom. The van der Waals surface area contributed by atoms with E-state index in [4.69, 9.17) is 0 Å². The van der Waals surface area contributed by atoms with Gasteiger partial charge in [-0.3, -0.25) is 9.36 Å². The van der Waals surface area contributed by atoms with Gasteiger partial charge in [-0.2, -0.15) is 0 Å². The molecule has 0 unspecified atom stereocenters. The average Bonchev–Trinajstić information content (AvgIpc) is 3.26. The van der Waals surface area contributed by atoms with Crippen molar-refractivity contribution >= 4 is 5.91 Å². The minimum absolute atomic E-state index is 0.0760. The molecule has 1 atom stereocenters. The first-order chi connectivity index (χ1) is 11.7. The molecule has 0 radical (unpaired) electrons. The van der Waals surface area contributed by atoms with Gasteiger partial charge in [-0.05, 0) is 42.2 Å². The van der Waals surface area contributed by atoms with Crippen molar-refractivity contribution in [3.8, 4) is 11.6 Å². The maximum absolute atomic E-state index is 12.5. The Hall–Kier alpha value is -3.15. The molecule has 0 saturated carbocycles. The Labute approximate surface area is 138 Å². The van der Waals surface area contributed by atoms with Crippen molar-refractivity contribution in [3.63, 3.8) is 0 Å². The summed E-state index contributed by atoms with van der Waals surface area (Å²) < 4.78 is 1.78. The lowest BCUT2D eigenvalue weighted by molar-refractivity contribution is 0.0936. The molecule has 0 fully saturated rings. The predicted molar refractivity (Wildman–Crippen MR) is 88.0 cm³/mol. The second kappa shape index (κ2) is 5.81. The highest BCUT2D eigenvalue weighted by atomic mass is 16.3. The van der Waals surface area contributed by atoms with Crippen LogP contribution in [0.2, 0.25) is 0 Å². The van der Waals surface area contributed by atoms with E-state index < -0.39 is 0 Å². The van der Waals surface area contributed by atoms with Crippen LogP contribution in [0.5, 0.6) is 5.75 Å². The molecule has 0 spiro atoms. The fraction of sp³-hybridized carbons (Fsp3) is 0.167. The van der Waals surface area contributed by atoms with Gasteiger partial charge in [0.15, 0.2) is 0 Å². The third kappa shape index (κ3) is 2.52. The Balaban J connectivity index is 1.51. The molecule has 24 heavy (non-hydrogen) atoms. The first kappa shape index (κ1) is 14.4. The lowest BCUT2D eigenvalue weighted by Crippen LogP contribution is -2.27. The molecule has 1 aromatic carbocycles. The van der Waals surface area contributed by atoms with Crippen LogP contribution in [0.25, 0.3) is 5.82 Å². The number of phenolic OH excluding ortho intramolecular Hbond substituents is 1. The van der Waals surface area contributed by atoms with Crippen LogP contribution in [0.15, 0.2) is 55.2 Å². The maximum atomic E-state index is 12.5. The number of nitrogens with zero attached hydrogens (tertiary/aromatic N) is 3. The number of rotatable bonds is 3. The van der Waals surface area contributed by atoms with Crippen molar-refractivity contribution in [2.75, 3.05) is 0 Å². The van der Waals surface area contributed by atoms with Crippen molar-refractivity contribution in [2.45, 2.75) is 18.9 Å². The number of nitrogens with one attached hydrogen (secondary N) is 1. The summed E-state index contributed by atoms with van der Waals surface area (Å²) in [5.74, 6) is 0.844. The van der Waals surface area contributed by atoms with Gasteiger partial charge in [-0.15, -0.1) is 0 Å². The lowest BCUT2D eigenvalue weighted by atomic mass is 10.1. The van der Waals surface area contributed by atoms with E-state index in [2.05, 4.69) is 15.3 Å². The first-order valence-electron chi connectivity index (χ1n) is 7.78. The van der Waals surface area contributed by atoms with Crippen LogP contribution in [-0.4, -0.2) is 25.5 Å². The third-order valence-corrected chi connectivity index (χ3v) is 4.33. The minimum Gasteiger partial charge on any atom is -0.508 e. The number of amides is 1. The highest BCUT2D eigenvalue weighted by Crippen LogP contribution is 2.36. The number of fused-ring (bicyclic) bond motifs is 1. The van der Waals surface area contributed by atoms with Crippen molar-refractivity contribution in [1.29, 1.82) is 0 Å². The van der Waals surface area contributed by atoms with E-state index >= 15 is 0 Å². The Morgan fingerprint density at radius 1 is 1.29 bits per heavy atom. The summed E-state index contributed by atoms with van der Waals surface area (Å²) >= 11 is 0. The molecule has 3 aromatic rings. The number of hydrogen-bond donors (Lipinski definition) is 2. The molecule has 2 N–H and O–H groups in total. The second-order valence-corrected chi connectivity index (χ2v) is 5.78. The molecule has 0 saturated heterocycles. The highest BCUT2D eigenvalue weighted by Gasteiger charge is 2.26. The quantitative estimate of drug-likeness (QED) is 0.776. The summed E-state index contributed by atoms with van der Waals surface area (Å²) in [4.78, 5) is 20.7. The smallest absolute Gasteiger partial charge is 0.253 e. The van der Waals surface area contributed by atoms with Gasteiger partial charge < -0.3 is 10.4 Å². The normalized spacial score (nSPS) is 15.9. The van der Waals surface area contributed by atoms with Crippen LogP contribution in [0, 0.1) is 0 Å². The predicted octanol–water partition coefficient (Wildman–Crippen LogP) is 2.39. The van der Waals surface area contributed by atoms with Crippen LogP contribution >= 0.6 is 0 Å². The monoisotopic (exact) mass is 320 g/mol. The van der Waals surface area contributed by atoms with Gasteiger partial charge in [0.1, 0.15) is 17.9 Å². The molecule has 1 aliphatic rings. The number of aromatic hydroxyl groups is 1. The van der Waals surface area contributed by atoms with Crippen LogP contribution in [0.3, 0.4) is 0 Å².